The van der Waals surface area contributed by atoms with Gasteiger partial charge in [-0.05, 0) is 70.9 Å². The van der Waals surface area contributed by atoms with Crippen LogP contribution in [0.2, 0.25) is 5.02 Å². The van der Waals surface area contributed by atoms with Crippen LogP contribution in [0, 0.1) is 9.39 Å². The zero-order valence-corrected chi connectivity index (χ0v) is 14.1. The molecule has 0 aliphatic rings. The van der Waals surface area contributed by atoms with E-state index in [2.05, 4.69) is 59.1 Å². The van der Waals surface area contributed by atoms with E-state index in [1.165, 1.54) is 15.2 Å². The van der Waals surface area contributed by atoms with Gasteiger partial charge in [0.25, 0.3) is 0 Å². The second-order valence-corrected chi connectivity index (χ2v) is 6.28. The molecule has 1 nitrogen and oxygen atoms in total. The molecule has 0 spiro atoms. The van der Waals surface area contributed by atoms with Crippen molar-refractivity contribution in [2.24, 2.45) is 0 Å². The number of nitrogens with one attached hydrogen (secondary N) is 1. The molecule has 2 aromatic carbocycles. The summed E-state index contributed by atoms with van der Waals surface area (Å²) in [6.07, 6.45) is 0.609. The van der Waals surface area contributed by atoms with Crippen LogP contribution in [0.5, 0.6) is 0 Å². The van der Waals surface area contributed by atoms with Crippen molar-refractivity contribution < 1.29 is 4.39 Å². The summed E-state index contributed by atoms with van der Waals surface area (Å²) in [6.45, 7) is 2.89. The Hall–Kier alpha value is -0.650. The van der Waals surface area contributed by atoms with E-state index >= 15 is 0 Å². The summed E-state index contributed by atoms with van der Waals surface area (Å²) in [5.74, 6) is -0.245. The summed E-state index contributed by atoms with van der Waals surface area (Å²) in [4.78, 5) is 0. The second-order valence-electron chi connectivity index (χ2n) is 4.60. The van der Waals surface area contributed by atoms with E-state index in [1.807, 2.05) is 0 Å². The van der Waals surface area contributed by atoms with Crippen molar-refractivity contribution >= 4 is 34.2 Å². The van der Waals surface area contributed by atoms with Crippen molar-refractivity contribution in [2.45, 2.75) is 19.4 Å². The molecule has 0 aliphatic carbocycles. The number of likely N-dealkylation sites (N-methyl/N-ethyl adjacent to an activating group) is 1. The predicted octanol–water partition coefficient (Wildman–Crippen LogP) is 4.98. The third-order valence-electron chi connectivity index (χ3n) is 3.16. The average molecular weight is 404 g/mol. The summed E-state index contributed by atoms with van der Waals surface area (Å²) >= 11 is 8.07. The molecule has 2 aromatic rings. The van der Waals surface area contributed by atoms with Gasteiger partial charge in [0.2, 0.25) is 0 Å². The van der Waals surface area contributed by atoms with Gasteiger partial charge in [0.15, 0.2) is 0 Å². The number of benzene rings is 2. The molecule has 1 unspecified atom stereocenters. The molecular formula is C16H16ClFIN. The first-order chi connectivity index (χ1) is 9.60. The molecule has 0 bridgehead atoms. The van der Waals surface area contributed by atoms with Gasteiger partial charge < -0.3 is 5.32 Å². The number of hydrogen-bond donors (Lipinski definition) is 1. The lowest BCUT2D eigenvalue weighted by molar-refractivity contribution is 0.528. The van der Waals surface area contributed by atoms with E-state index in [-0.39, 0.29) is 11.9 Å². The zero-order valence-electron chi connectivity index (χ0n) is 11.2. The van der Waals surface area contributed by atoms with E-state index in [0.29, 0.717) is 17.0 Å². The average Bonchev–Trinajstić information content (AvgIpc) is 2.42. The molecule has 20 heavy (non-hydrogen) atoms. The van der Waals surface area contributed by atoms with Gasteiger partial charge in [0.05, 0.1) is 0 Å². The highest BCUT2D eigenvalue weighted by Crippen LogP contribution is 2.23. The Labute approximate surface area is 137 Å². The Morgan fingerprint density at radius 1 is 1.20 bits per heavy atom. The Kier molecular flexibility index (Phi) is 5.81. The van der Waals surface area contributed by atoms with Gasteiger partial charge in [-0.25, -0.2) is 4.39 Å². The first kappa shape index (κ1) is 15.7. The maximum Gasteiger partial charge on any atom is 0.127 e. The third-order valence-corrected chi connectivity index (χ3v) is 4.12. The molecule has 0 saturated carbocycles. The quantitative estimate of drug-likeness (QED) is 0.695. The maximum absolute atomic E-state index is 13.9. The lowest BCUT2D eigenvalue weighted by Gasteiger charge is -2.19. The van der Waals surface area contributed by atoms with Gasteiger partial charge in [-0.2, -0.15) is 0 Å². The van der Waals surface area contributed by atoms with Crippen molar-refractivity contribution in [3.8, 4) is 0 Å². The van der Waals surface area contributed by atoms with Crippen LogP contribution in [0.25, 0.3) is 0 Å². The summed E-state index contributed by atoms with van der Waals surface area (Å²) in [7, 11) is 0. The summed E-state index contributed by atoms with van der Waals surface area (Å²) < 4.78 is 15.1. The predicted molar refractivity (Wildman–Crippen MR) is 90.7 cm³/mol. The van der Waals surface area contributed by atoms with Crippen LogP contribution in [-0.4, -0.2) is 6.54 Å². The summed E-state index contributed by atoms with van der Waals surface area (Å²) in [6, 6.07) is 13.3. The molecule has 0 fully saturated rings. The van der Waals surface area contributed by atoms with Crippen LogP contribution in [-0.2, 0) is 6.42 Å². The van der Waals surface area contributed by atoms with Gasteiger partial charge in [-0.15, -0.1) is 0 Å². The molecule has 0 aliphatic heterocycles. The molecule has 0 aromatic heterocycles. The molecule has 1 N–H and O–H groups in total. The summed E-state index contributed by atoms with van der Waals surface area (Å²) in [5, 5.41) is 3.84. The normalized spacial score (nSPS) is 12.4. The Balaban J connectivity index is 2.22. The van der Waals surface area contributed by atoms with Crippen molar-refractivity contribution in [1.82, 2.24) is 5.32 Å². The molecule has 0 saturated heterocycles. The first-order valence-electron chi connectivity index (χ1n) is 6.53. The van der Waals surface area contributed by atoms with Gasteiger partial charge in [0, 0.05) is 14.6 Å². The highest BCUT2D eigenvalue weighted by molar-refractivity contribution is 14.1. The van der Waals surface area contributed by atoms with Gasteiger partial charge in [-0.1, -0.05) is 36.7 Å². The smallest absolute Gasteiger partial charge is 0.127 e. The van der Waals surface area contributed by atoms with Crippen molar-refractivity contribution in [3.63, 3.8) is 0 Å². The maximum atomic E-state index is 13.9. The standard InChI is InChI=1S/C16H16ClFIN/c1-2-20-16(11-4-7-14(19)8-5-11)9-12-3-6-13(17)10-15(12)18/h3-8,10,16,20H,2,9H2,1H3. The van der Waals surface area contributed by atoms with E-state index in [9.17, 15) is 4.39 Å². The topological polar surface area (TPSA) is 12.0 Å². The van der Waals surface area contributed by atoms with E-state index < -0.39 is 0 Å². The Morgan fingerprint density at radius 2 is 1.90 bits per heavy atom. The van der Waals surface area contributed by atoms with Crippen LogP contribution >= 0.6 is 34.2 Å². The lowest BCUT2D eigenvalue weighted by Crippen LogP contribution is -2.23. The lowest BCUT2D eigenvalue weighted by atomic mass is 9.98. The van der Waals surface area contributed by atoms with Crippen LogP contribution in [0.1, 0.15) is 24.1 Å². The first-order valence-corrected chi connectivity index (χ1v) is 7.98. The summed E-state index contributed by atoms with van der Waals surface area (Å²) in [5.41, 5.74) is 1.85. The second kappa shape index (κ2) is 7.38. The molecule has 0 radical (unpaired) electrons. The molecule has 0 heterocycles. The van der Waals surface area contributed by atoms with Gasteiger partial charge >= 0.3 is 0 Å². The molecule has 1 atom stereocenters. The minimum Gasteiger partial charge on any atom is -0.310 e. The van der Waals surface area contributed by atoms with Crippen LogP contribution in [0.3, 0.4) is 0 Å². The van der Waals surface area contributed by atoms with Gasteiger partial charge in [0.1, 0.15) is 5.82 Å². The number of rotatable bonds is 5. The van der Waals surface area contributed by atoms with Crippen LogP contribution in [0.4, 0.5) is 4.39 Å². The monoisotopic (exact) mass is 403 g/mol. The van der Waals surface area contributed by atoms with Crippen LogP contribution in [0.15, 0.2) is 42.5 Å². The van der Waals surface area contributed by atoms with Crippen molar-refractivity contribution in [1.29, 1.82) is 0 Å². The van der Waals surface area contributed by atoms with E-state index in [4.69, 9.17) is 11.6 Å². The molecular weight excluding hydrogens is 388 g/mol. The molecule has 0 amide bonds. The fourth-order valence-electron chi connectivity index (χ4n) is 2.16. The minimum absolute atomic E-state index is 0.104. The van der Waals surface area contributed by atoms with Crippen molar-refractivity contribution in [2.75, 3.05) is 6.54 Å². The molecule has 4 heteroatoms. The fraction of sp³-hybridized carbons (Fsp3) is 0.250. The number of hydrogen-bond acceptors (Lipinski definition) is 1. The minimum atomic E-state index is -0.245. The SMILES string of the molecule is CCNC(Cc1ccc(Cl)cc1F)c1ccc(I)cc1. The van der Waals surface area contributed by atoms with E-state index in [1.54, 1.807) is 12.1 Å². The number of halogens is 3. The van der Waals surface area contributed by atoms with Crippen LogP contribution < -0.4 is 5.32 Å². The Morgan fingerprint density at radius 3 is 2.50 bits per heavy atom. The highest BCUT2D eigenvalue weighted by Gasteiger charge is 2.13. The molecule has 2 rings (SSSR count). The van der Waals surface area contributed by atoms with Crippen molar-refractivity contribution in [3.05, 3.63) is 68.0 Å². The third kappa shape index (κ3) is 4.17. The largest absolute Gasteiger partial charge is 0.310 e. The van der Waals surface area contributed by atoms with Gasteiger partial charge in [-0.3, -0.25) is 0 Å². The van der Waals surface area contributed by atoms with E-state index in [0.717, 1.165) is 6.54 Å². The highest BCUT2D eigenvalue weighted by atomic mass is 127. The fourth-order valence-corrected chi connectivity index (χ4v) is 2.67. The Bertz CT molecular complexity index is 571. The zero-order chi connectivity index (χ0) is 14.5. The molecule has 106 valence electrons.